The smallest absolute Gasteiger partial charge is 0.0411 e. The maximum Gasteiger partial charge on any atom is 0.0411 e. The molecule has 0 saturated heterocycles. The fourth-order valence-electron chi connectivity index (χ4n) is 1.37. The molecule has 1 heterocycles. The molecule has 2 aromatic rings. The zero-order valence-corrected chi connectivity index (χ0v) is 11.2. The summed E-state index contributed by atoms with van der Waals surface area (Å²) < 4.78 is 1.17. The van der Waals surface area contributed by atoms with E-state index in [1.165, 1.54) is 9.37 Å². The van der Waals surface area contributed by atoms with Gasteiger partial charge in [0.05, 0.1) is 0 Å². The Balaban J connectivity index is 1.87. The van der Waals surface area contributed by atoms with Crippen molar-refractivity contribution in [3.05, 3.63) is 58.8 Å². The Morgan fingerprint density at radius 2 is 1.88 bits per heavy atom. The Bertz CT molecular complexity index is 445. The van der Waals surface area contributed by atoms with Crippen LogP contribution in [-0.4, -0.2) is 10.7 Å². The van der Waals surface area contributed by atoms with Crippen molar-refractivity contribution >= 4 is 27.7 Å². The number of pyridine rings is 1. The third-order valence-electron chi connectivity index (χ3n) is 2.18. The second kappa shape index (κ2) is 6.06. The molecule has 0 aliphatic heterocycles. The standard InChI is InChI=1S/C13H12BrNS/c14-12-6-1-2-7-13(12)16-10-8-11-5-3-4-9-15-11/h1-7,9H,8,10H2. The van der Waals surface area contributed by atoms with Gasteiger partial charge in [-0.05, 0) is 46.6 Å². The minimum Gasteiger partial charge on any atom is -0.261 e. The molecule has 1 aromatic heterocycles. The van der Waals surface area contributed by atoms with Crippen LogP contribution < -0.4 is 0 Å². The lowest BCUT2D eigenvalue weighted by Crippen LogP contribution is -1.91. The monoisotopic (exact) mass is 293 g/mol. The predicted molar refractivity (Wildman–Crippen MR) is 72.8 cm³/mol. The molecule has 0 aliphatic carbocycles. The fourth-order valence-corrected chi connectivity index (χ4v) is 2.91. The zero-order valence-electron chi connectivity index (χ0n) is 8.77. The van der Waals surface area contributed by atoms with Crippen molar-refractivity contribution in [3.63, 3.8) is 0 Å². The van der Waals surface area contributed by atoms with Crippen molar-refractivity contribution < 1.29 is 0 Å². The number of hydrogen-bond donors (Lipinski definition) is 0. The van der Waals surface area contributed by atoms with Gasteiger partial charge < -0.3 is 0 Å². The number of hydrogen-bond acceptors (Lipinski definition) is 2. The van der Waals surface area contributed by atoms with Gasteiger partial charge in [0.2, 0.25) is 0 Å². The van der Waals surface area contributed by atoms with Gasteiger partial charge in [-0.25, -0.2) is 0 Å². The van der Waals surface area contributed by atoms with E-state index in [0.717, 1.165) is 17.9 Å². The van der Waals surface area contributed by atoms with Crippen LogP contribution in [0.4, 0.5) is 0 Å². The van der Waals surface area contributed by atoms with E-state index in [4.69, 9.17) is 0 Å². The Labute approximate surface area is 108 Å². The lowest BCUT2D eigenvalue weighted by atomic mass is 10.3. The predicted octanol–water partition coefficient (Wildman–Crippen LogP) is 4.18. The highest BCUT2D eigenvalue weighted by molar-refractivity contribution is 9.10. The van der Waals surface area contributed by atoms with Gasteiger partial charge in [-0.15, -0.1) is 11.8 Å². The first-order valence-corrected chi connectivity index (χ1v) is 6.91. The molecule has 0 unspecified atom stereocenters. The first-order chi connectivity index (χ1) is 7.86. The van der Waals surface area contributed by atoms with Crippen LogP contribution in [0.15, 0.2) is 58.0 Å². The van der Waals surface area contributed by atoms with Crippen LogP contribution in [0.25, 0.3) is 0 Å². The van der Waals surface area contributed by atoms with Gasteiger partial charge in [0, 0.05) is 27.0 Å². The Morgan fingerprint density at radius 3 is 2.62 bits per heavy atom. The highest BCUT2D eigenvalue weighted by Crippen LogP contribution is 2.27. The van der Waals surface area contributed by atoms with Crippen molar-refractivity contribution in [2.24, 2.45) is 0 Å². The van der Waals surface area contributed by atoms with E-state index in [1.807, 2.05) is 36.2 Å². The minimum atomic E-state index is 1.01. The summed E-state index contributed by atoms with van der Waals surface area (Å²) in [6.07, 6.45) is 2.85. The van der Waals surface area contributed by atoms with Gasteiger partial charge in [0.1, 0.15) is 0 Å². The van der Waals surface area contributed by atoms with Crippen molar-refractivity contribution in [1.29, 1.82) is 0 Å². The van der Waals surface area contributed by atoms with Crippen LogP contribution in [0.1, 0.15) is 5.69 Å². The molecule has 1 nitrogen and oxygen atoms in total. The Hall–Kier alpha value is -0.800. The number of thioether (sulfide) groups is 1. The van der Waals surface area contributed by atoms with Gasteiger partial charge in [-0.1, -0.05) is 18.2 Å². The van der Waals surface area contributed by atoms with Gasteiger partial charge >= 0.3 is 0 Å². The number of rotatable bonds is 4. The molecule has 0 N–H and O–H groups in total. The summed E-state index contributed by atoms with van der Waals surface area (Å²) in [6.45, 7) is 0. The van der Waals surface area contributed by atoms with Crippen molar-refractivity contribution in [1.82, 2.24) is 4.98 Å². The Kier molecular flexibility index (Phi) is 4.43. The van der Waals surface area contributed by atoms with E-state index in [0.29, 0.717) is 0 Å². The second-order valence-electron chi connectivity index (χ2n) is 3.35. The average Bonchev–Trinajstić information content (AvgIpc) is 2.33. The molecule has 0 bridgehead atoms. The molecule has 3 heteroatoms. The molecule has 0 saturated carbocycles. The van der Waals surface area contributed by atoms with Crippen LogP contribution in [0.3, 0.4) is 0 Å². The number of halogens is 1. The highest BCUT2D eigenvalue weighted by Gasteiger charge is 1.99. The van der Waals surface area contributed by atoms with Gasteiger partial charge in [-0.2, -0.15) is 0 Å². The minimum absolute atomic E-state index is 1.01. The molecule has 1 aromatic carbocycles. The third kappa shape index (κ3) is 3.35. The maximum atomic E-state index is 4.31. The number of nitrogens with zero attached hydrogens (tertiary/aromatic N) is 1. The highest BCUT2D eigenvalue weighted by atomic mass is 79.9. The summed E-state index contributed by atoms with van der Waals surface area (Å²) in [5, 5.41) is 0. The molecular formula is C13H12BrNS. The first-order valence-electron chi connectivity index (χ1n) is 5.13. The van der Waals surface area contributed by atoms with Crippen LogP contribution in [-0.2, 0) is 6.42 Å². The van der Waals surface area contributed by atoms with Gasteiger partial charge in [0.15, 0.2) is 0 Å². The fraction of sp³-hybridized carbons (Fsp3) is 0.154. The molecule has 0 radical (unpaired) electrons. The normalized spacial score (nSPS) is 10.3. The van der Waals surface area contributed by atoms with Crippen LogP contribution in [0.2, 0.25) is 0 Å². The van der Waals surface area contributed by atoms with Gasteiger partial charge in [-0.3, -0.25) is 4.98 Å². The molecule has 0 fully saturated rings. The van der Waals surface area contributed by atoms with Crippen molar-refractivity contribution in [2.75, 3.05) is 5.75 Å². The lowest BCUT2D eigenvalue weighted by Gasteiger charge is -2.03. The average molecular weight is 294 g/mol. The van der Waals surface area contributed by atoms with E-state index in [1.54, 1.807) is 0 Å². The van der Waals surface area contributed by atoms with E-state index in [-0.39, 0.29) is 0 Å². The van der Waals surface area contributed by atoms with Crippen molar-refractivity contribution in [2.45, 2.75) is 11.3 Å². The van der Waals surface area contributed by atoms with Crippen LogP contribution >= 0.6 is 27.7 Å². The molecule has 0 aliphatic rings. The third-order valence-corrected chi connectivity index (χ3v) is 4.21. The summed E-state index contributed by atoms with van der Waals surface area (Å²) in [7, 11) is 0. The summed E-state index contributed by atoms with van der Waals surface area (Å²) in [6, 6.07) is 14.4. The summed E-state index contributed by atoms with van der Waals surface area (Å²) in [5.74, 6) is 1.06. The van der Waals surface area contributed by atoms with E-state index in [9.17, 15) is 0 Å². The number of aromatic nitrogens is 1. The largest absolute Gasteiger partial charge is 0.261 e. The van der Waals surface area contributed by atoms with Crippen LogP contribution in [0, 0.1) is 0 Å². The first kappa shape index (κ1) is 11.7. The molecule has 0 atom stereocenters. The summed E-state index contributed by atoms with van der Waals surface area (Å²) in [5.41, 5.74) is 1.15. The summed E-state index contributed by atoms with van der Waals surface area (Å²) in [4.78, 5) is 5.60. The van der Waals surface area contributed by atoms with Crippen LogP contribution in [0.5, 0.6) is 0 Å². The molecule has 0 amide bonds. The maximum absolute atomic E-state index is 4.31. The number of aryl methyl sites for hydroxylation is 1. The molecular weight excluding hydrogens is 282 g/mol. The zero-order chi connectivity index (χ0) is 11.2. The lowest BCUT2D eigenvalue weighted by molar-refractivity contribution is 1.05. The second-order valence-corrected chi connectivity index (χ2v) is 5.34. The Morgan fingerprint density at radius 1 is 1.06 bits per heavy atom. The molecule has 82 valence electrons. The van der Waals surface area contributed by atoms with Crippen molar-refractivity contribution in [3.8, 4) is 0 Å². The van der Waals surface area contributed by atoms with Gasteiger partial charge in [0.25, 0.3) is 0 Å². The molecule has 16 heavy (non-hydrogen) atoms. The molecule has 0 spiro atoms. The summed E-state index contributed by atoms with van der Waals surface area (Å²) >= 11 is 5.40. The SMILES string of the molecule is Brc1ccccc1SCCc1ccccn1. The topological polar surface area (TPSA) is 12.9 Å². The van der Waals surface area contributed by atoms with E-state index >= 15 is 0 Å². The van der Waals surface area contributed by atoms with E-state index < -0.39 is 0 Å². The number of benzene rings is 1. The van der Waals surface area contributed by atoms with E-state index in [2.05, 4.69) is 45.2 Å². The quantitative estimate of drug-likeness (QED) is 0.785. The molecule has 2 rings (SSSR count).